The summed E-state index contributed by atoms with van der Waals surface area (Å²) >= 11 is 1.93. The van der Waals surface area contributed by atoms with Crippen LogP contribution >= 0.6 is 11.3 Å². The van der Waals surface area contributed by atoms with Gasteiger partial charge >= 0.3 is 0 Å². The zero-order chi connectivity index (χ0) is 13.9. The van der Waals surface area contributed by atoms with E-state index in [-0.39, 0.29) is 0 Å². The third kappa shape index (κ3) is 3.05. The van der Waals surface area contributed by atoms with Gasteiger partial charge in [0.15, 0.2) is 0 Å². The summed E-state index contributed by atoms with van der Waals surface area (Å²) in [5.74, 6) is 0. The molecule has 1 saturated heterocycles. The lowest BCUT2D eigenvalue weighted by Crippen LogP contribution is -2.42. The van der Waals surface area contributed by atoms with Gasteiger partial charge in [0.2, 0.25) is 0 Å². The number of fused-ring (bicyclic) bond motifs is 1. The minimum Gasteiger partial charge on any atom is -0.307 e. The molecular formula is C17H24N2S. The molecule has 0 bridgehead atoms. The third-order valence-electron chi connectivity index (χ3n) is 4.39. The van der Waals surface area contributed by atoms with Crippen molar-refractivity contribution in [1.29, 1.82) is 0 Å². The number of piperidine rings is 1. The summed E-state index contributed by atoms with van der Waals surface area (Å²) in [4.78, 5) is 4.01. The third-order valence-corrected chi connectivity index (χ3v) is 5.69. The van der Waals surface area contributed by atoms with Crippen molar-refractivity contribution in [2.24, 2.45) is 0 Å². The van der Waals surface area contributed by atoms with Crippen molar-refractivity contribution >= 4 is 21.4 Å². The highest BCUT2D eigenvalue weighted by Gasteiger charge is 2.20. The van der Waals surface area contributed by atoms with Crippen LogP contribution in [0, 0.1) is 0 Å². The molecule has 1 unspecified atom stereocenters. The van der Waals surface area contributed by atoms with E-state index < -0.39 is 0 Å². The molecule has 1 aliphatic rings. The van der Waals surface area contributed by atoms with Gasteiger partial charge in [0, 0.05) is 21.7 Å². The Balaban J connectivity index is 1.63. The summed E-state index contributed by atoms with van der Waals surface area (Å²) in [6, 6.07) is 12.2. The SMILES string of the molecule is CCN1CCC(NC(C)c2cc3ccccc3s2)CC1. The van der Waals surface area contributed by atoms with E-state index in [1.165, 1.54) is 47.4 Å². The van der Waals surface area contributed by atoms with E-state index >= 15 is 0 Å². The number of likely N-dealkylation sites (tertiary alicyclic amines) is 1. The van der Waals surface area contributed by atoms with E-state index in [0.717, 1.165) is 0 Å². The van der Waals surface area contributed by atoms with Gasteiger partial charge in [0.05, 0.1) is 0 Å². The Morgan fingerprint density at radius 1 is 1.30 bits per heavy atom. The Kier molecular flexibility index (Phi) is 4.39. The number of hydrogen-bond acceptors (Lipinski definition) is 3. The average Bonchev–Trinajstić information content (AvgIpc) is 2.92. The summed E-state index contributed by atoms with van der Waals surface area (Å²) in [7, 11) is 0. The van der Waals surface area contributed by atoms with Crippen LogP contribution in [0.2, 0.25) is 0 Å². The molecule has 0 aliphatic carbocycles. The van der Waals surface area contributed by atoms with Crippen LogP contribution in [-0.4, -0.2) is 30.6 Å². The van der Waals surface area contributed by atoms with Crippen LogP contribution in [0.15, 0.2) is 30.3 Å². The highest BCUT2D eigenvalue weighted by atomic mass is 32.1. The molecule has 0 saturated carbocycles. The number of thiophene rings is 1. The molecule has 2 aromatic rings. The number of nitrogens with zero attached hydrogens (tertiary/aromatic N) is 1. The first-order valence-corrected chi connectivity index (χ1v) is 8.55. The standard InChI is InChI=1S/C17H24N2S/c1-3-19-10-8-15(9-11-19)18-13(2)17-12-14-6-4-5-7-16(14)20-17/h4-7,12-13,15,18H,3,8-11H2,1-2H3. The number of hydrogen-bond donors (Lipinski definition) is 1. The molecule has 20 heavy (non-hydrogen) atoms. The molecule has 3 rings (SSSR count). The van der Waals surface area contributed by atoms with Crippen molar-refractivity contribution in [3.63, 3.8) is 0 Å². The van der Waals surface area contributed by atoms with Crippen LogP contribution in [0.4, 0.5) is 0 Å². The minimum atomic E-state index is 0.463. The Morgan fingerprint density at radius 3 is 2.75 bits per heavy atom. The van der Waals surface area contributed by atoms with Gasteiger partial charge in [-0.15, -0.1) is 11.3 Å². The molecule has 3 heteroatoms. The van der Waals surface area contributed by atoms with Crippen LogP contribution in [0.1, 0.15) is 37.6 Å². The molecule has 1 aromatic heterocycles. The average molecular weight is 288 g/mol. The van der Waals surface area contributed by atoms with Crippen LogP contribution in [-0.2, 0) is 0 Å². The fourth-order valence-corrected chi connectivity index (χ4v) is 4.14. The Hall–Kier alpha value is -0.900. The first kappa shape index (κ1) is 14.1. The van der Waals surface area contributed by atoms with Gasteiger partial charge in [0.25, 0.3) is 0 Å². The highest BCUT2D eigenvalue weighted by Crippen LogP contribution is 2.30. The molecule has 1 aliphatic heterocycles. The summed E-state index contributed by atoms with van der Waals surface area (Å²) in [5.41, 5.74) is 0. The van der Waals surface area contributed by atoms with Crippen molar-refractivity contribution in [3.05, 3.63) is 35.2 Å². The molecule has 1 aromatic carbocycles. The van der Waals surface area contributed by atoms with Gasteiger partial charge in [-0.25, -0.2) is 0 Å². The highest BCUT2D eigenvalue weighted by molar-refractivity contribution is 7.19. The normalized spacial score (nSPS) is 19.5. The van der Waals surface area contributed by atoms with E-state index in [2.05, 4.69) is 54.4 Å². The van der Waals surface area contributed by atoms with Crippen molar-refractivity contribution in [1.82, 2.24) is 10.2 Å². The van der Waals surface area contributed by atoms with Gasteiger partial charge in [-0.2, -0.15) is 0 Å². The number of benzene rings is 1. The minimum absolute atomic E-state index is 0.463. The first-order chi connectivity index (χ1) is 9.76. The van der Waals surface area contributed by atoms with Crippen molar-refractivity contribution in [2.45, 2.75) is 38.8 Å². The maximum absolute atomic E-state index is 3.82. The molecule has 0 radical (unpaired) electrons. The van der Waals surface area contributed by atoms with Gasteiger partial charge in [-0.05, 0) is 56.9 Å². The summed E-state index contributed by atoms with van der Waals surface area (Å²) < 4.78 is 1.40. The number of rotatable bonds is 4. The fraction of sp³-hybridized carbons (Fsp3) is 0.529. The molecule has 0 amide bonds. The van der Waals surface area contributed by atoms with Crippen LogP contribution in [0.5, 0.6) is 0 Å². The zero-order valence-corrected chi connectivity index (χ0v) is 13.2. The lowest BCUT2D eigenvalue weighted by molar-refractivity contribution is 0.200. The van der Waals surface area contributed by atoms with Gasteiger partial charge in [-0.3, -0.25) is 0 Å². The second-order valence-corrected chi connectivity index (χ2v) is 6.90. The van der Waals surface area contributed by atoms with Crippen LogP contribution < -0.4 is 5.32 Å². The molecule has 2 nitrogen and oxygen atoms in total. The second-order valence-electron chi connectivity index (χ2n) is 5.78. The number of nitrogens with one attached hydrogen (secondary N) is 1. The predicted molar refractivity (Wildman–Crippen MR) is 88.5 cm³/mol. The first-order valence-electron chi connectivity index (χ1n) is 7.73. The van der Waals surface area contributed by atoms with E-state index in [9.17, 15) is 0 Å². The smallest absolute Gasteiger partial charge is 0.0388 e. The van der Waals surface area contributed by atoms with E-state index in [1.54, 1.807) is 0 Å². The maximum atomic E-state index is 3.82. The lowest BCUT2D eigenvalue weighted by Gasteiger charge is -2.33. The quantitative estimate of drug-likeness (QED) is 0.913. The second kappa shape index (κ2) is 6.25. The van der Waals surface area contributed by atoms with Crippen molar-refractivity contribution in [3.8, 4) is 0 Å². The molecule has 0 spiro atoms. The Bertz CT molecular complexity index is 522. The molecular weight excluding hydrogens is 264 g/mol. The monoisotopic (exact) mass is 288 g/mol. The van der Waals surface area contributed by atoms with Crippen LogP contribution in [0.3, 0.4) is 0 Å². The summed E-state index contributed by atoms with van der Waals surface area (Å²) in [6.07, 6.45) is 2.56. The molecule has 2 heterocycles. The van der Waals surface area contributed by atoms with Gasteiger partial charge in [-0.1, -0.05) is 25.1 Å². The molecule has 1 N–H and O–H groups in total. The Morgan fingerprint density at radius 2 is 2.05 bits per heavy atom. The fourth-order valence-electron chi connectivity index (χ4n) is 3.07. The van der Waals surface area contributed by atoms with Gasteiger partial charge in [0.1, 0.15) is 0 Å². The summed E-state index contributed by atoms with van der Waals surface area (Å²) in [5, 5.41) is 5.20. The maximum Gasteiger partial charge on any atom is 0.0388 e. The molecule has 1 fully saturated rings. The van der Waals surface area contributed by atoms with Gasteiger partial charge < -0.3 is 10.2 Å². The largest absolute Gasteiger partial charge is 0.307 e. The van der Waals surface area contributed by atoms with E-state index in [0.29, 0.717) is 12.1 Å². The van der Waals surface area contributed by atoms with Crippen molar-refractivity contribution in [2.75, 3.05) is 19.6 Å². The topological polar surface area (TPSA) is 15.3 Å². The van der Waals surface area contributed by atoms with Crippen LogP contribution in [0.25, 0.3) is 10.1 Å². The van der Waals surface area contributed by atoms with E-state index in [4.69, 9.17) is 0 Å². The summed E-state index contributed by atoms with van der Waals surface area (Å²) in [6.45, 7) is 8.24. The van der Waals surface area contributed by atoms with E-state index in [1.807, 2.05) is 11.3 Å². The lowest BCUT2D eigenvalue weighted by atomic mass is 10.0. The zero-order valence-electron chi connectivity index (χ0n) is 12.4. The predicted octanol–water partition coefficient (Wildman–Crippen LogP) is 4.04. The Labute approximate surface area is 125 Å². The molecule has 108 valence electrons. The van der Waals surface area contributed by atoms with Crippen molar-refractivity contribution < 1.29 is 0 Å². The molecule has 1 atom stereocenters.